The number of amides is 2. The molecule has 88 valence electrons. The van der Waals surface area contributed by atoms with Crippen molar-refractivity contribution in [1.29, 1.82) is 0 Å². The van der Waals surface area contributed by atoms with E-state index in [-0.39, 0.29) is 18.2 Å². The van der Waals surface area contributed by atoms with Crippen molar-refractivity contribution in [3.63, 3.8) is 0 Å². The maximum absolute atomic E-state index is 11.6. The fourth-order valence-electron chi connectivity index (χ4n) is 1.53. The van der Waals surface area contributed by atoms with E-state index >= 15 is 0 Å². The first-order chi connectivity index (χ1) is 7.61. The third-order valence-corrected chi connectivity index (χ3v) is 2.70. The number of carbonyl (C=O) groups is 2. The van der Waals surface area contributed by atoms with E-state index in [9.17, 15) is 9.59 Å². The third kappa shape index (κ3) is 2.13. The Morgan fingerprint density at radius 3 is 2.62 bits per heavy atom. The molecule has 1 unspecified atom stereocenters. The number of rotatable bonds is 2. The van der Waals surface area contributed by atoms with Gasteiger partial charge in [-0.2, -0.15) is 0 Å². The van der Waals surface area contributed by atoms with E-state index in [1.165, 1.54) is 7.05 Å². The summed E-state index contributed by atoms with van der Waals surface area (Å²) in [5, 5.41) is 3.05. The lowest BCUT2D eigenvalue weighted by Gasteiger charge is -2.10. The first kappa shape index (κ1) is 10.9. The Labute approximate surface area is 93.0 Å². The van der Waals surface area contributed by atoms with Crippen molar-refractivity contribution in [3.05, 3.63) is 0 Å². The van der Waals surface area contributed by atoms with Crippen LogP contribution in [-0.4, -0.2) is 41.8 Å². The molecule has 0 radical (unpaired) electrons. The fourth-order valence-corrected chi connectivity index (χ4v) is 1.53. The number of likely N-dealkylation sites (N-methyl/N-ethyl adjacent to an activating group) is 1. The summed E-state index contributed by atoms with van der Waals surface area (Å²) in [4.78, 5) is 28.0. The Bertz CT molecular complexity index is 350. The van der Waals surface area contributed by atoms with Gasteiger partial charge in [0.15, 0.2) is 0 Å². The molecule has 16 heavy (non-hydrogen) atoms. The van der Waals surface area contributed by atoms with Gasteiger partial charge in [0.25, 0.3) is 5.91 Å². The lowest BCUT2D eigenvalue weighted by Crippen LogP contribution is -2.44. The van der Waals surface area contributed by atoms with Crippen LogP contribution in [0.4, 0.5) is 0 Å². The van der Waals surface area contributed by atoms with Crippen LogP contribution in [0.25, 0.3) is 0 Å². The molecule has 7 heteroatoms. The second-order valence-electron chi connectivity index (χ2n) is 4.05. The summed E-state index contributed by atoms with van der Waals surface area (Å²) in [6, 6.07) is -0.255. The maximum atomic E-state index is 11.6. The summed E-state index contributed by atoms with van der Waals surface area (Å²) >= 11 is 0. The summed E-state index contributed by atoms with van der Waals surface area (Å²) in [5.74, 6) is 5.18. The van der Waals surface area contributed by atoms with E-state index in [1.54, 1.807) is 0 Å². The number of hydrazine groups is 1. The number of imide groups is 1. The predicted molar refractivity (Wildman–Crippen MR) is 57.1 cm³/mol. The monoisotopic (exact) mass is 225 g/mol. The zero-order valence-corrected chi connectivity index (χ0v) is 9.06. The van der Waals surface area contributed by atoms with Crippen LogP contribution in [0.3, 0.4) is 0 Å². The molecule has 2 amide bonds. The third-order valence-electron chi connectivity index (χ3n) is 2.70. The van der Waals surface area contributed by atoms with E-state index in [1.807, 2.05) is 0 Å². The van der Waals surface area contributed by atoms with Gasteiger partial charge >= 0.3 is 0 Å². The Morgan fingerprint density at radius 1 is 1.50 bits per heavy atom. The molecule has 4 N–H and O–H groups in total. The number of nitrogens with zero attached hydrogens (tertiary/aromatic N) is 2. The van der Waals surface area contributed by atoms with Gasteiger partial charge in [-0.3, -0.25) is 19.9 Å². The average molecular weight is 225 g/mol. The number of nitrogens with two attached hydrogens (primary N) is 1. The number of guanidine groups is 1. The molecule has 1 saturated heterocycles. The van der Waals surface area contributed by atoms with Crippen LogP contribution in [0.5, 0.6) is 0 Å². The normalized spacial score (nSPS) is 26.2. The number of hydrogen-bond acceptors (Lipinski definition) is 4. The molecule has 1 saturated carbocycles. The summed E-state index contributed by atoms with van der Waals surface area (Å²) < 4.78 is 0. The molecule has 1 aliphatic heterocycles. The number of hydrogen-bond donors (Lipinski definition) is 3. The molecular formula is C9H15N5O2. The summed E-state index contributed by atoms with van der Waals surface area (Å²) in [6.45, 7) is 0. The van der Waals surface area contributed by atoms with Gasteiger partial charge in [-0.05, 0) is 12.8 Å². The smallest absolute Gasteiger partial charge is 0.254 e. The SMILES string of the molecule is CN1C(=O)CC(N=C(NN)NC2CC2)C1=O. The topological polar surface area (TPSA) is 99.8 Å². The van der Waals surface area contributed by atoms with Crippen molar-refractivity contribution in [2.75, 3.05) is 7.05 Å². The van der Waals surface area contributed by atoms with Crippen LogP contribution in [0.15, 0.2) is 4.99 Å². The summed E-state index contributed by atoms with van der Waals surface area (Å²) in [6.07, 6.45) is 2.28. The van der Waals surface area contributed by atoms with Gasteiger partial charge in [0.2, 0.25) is 11.9 Å². The summed E-state index contributed by atoms with van der Waals surface area (Å²) in [7, 11) is 1.46. The highest BCUT2D eigenvalue weighted by Crippen LogP contribution is 2.19. The molecule has 0 aromatic carbocycles. The fraction of sp³-hybridized carbons (Fsp3) is 0.667. The van der Waals surface area contributed by atoms with E-state index in [4.69, 9.17) is 5.84 Å². The molecular weight excluding hydrogens is 210 g/mol. The number of likely N-dealkylation sites (tertiary alicyclic amines) is 1. The second-order valence-corrected chi connectivity index (χ2v) is 4.05. The molecule has 2 rings (SSSR count). The molecule has 0 aromatic heterocycles. The van der Waals surface area contributed by atoms with Gasteiger partial charge in [0.1, 0.15) is 6.04 Å². The molecule has 1 heterocycles. The zero-order chi connectivity index (χ0) is 11.7. The quantitative estimate of drug-likeness (QED) is 0.171. The van der Waals surface area contributed by atoms with Crippen molar-refractivity contribution in [2.45, 2.75) is 31.3 Å². The first-order valence-electron chi connectivity index (χ1n) is 5.23. The highest BCUT2D eigenvalue weighted by atomic mass is 16.2. The molecule has 2 fully saturated rings. The van der Waals surface area contributed by atoms with Crippen molar-refractivity contribution in [2.24, 2.45) is 10.8 Å². The van der Waals surface area contributed by atoms with Crippen LogP contribution in [0, 0.1) is 0 Å². The van der Waals surface area contributed by atoms with Crippen LogP contribution in [0.1, 0.15) is 19.3 Å². The molecule has 0 bridgehead atoms. The molecule has 1 atom stereocenters. The Kier molecular flexibility index (Phi) is 2.78. The van der Waals surface area contributed by atoms with Crippen LogP contribution in [-0.2, 0) is 9.59 Å². The largest absolute Gasteiger partial charge is 0.353 e. The lowest BCUT2D eigenvalue weighted by atomic mass is 10.3. The van der Waals surface area contributed by atoms with Crippen molar-refractivity contribution in [3.8, 4) is 0 Å². The molecule has 7 nitrogen and oxygen atoms in total. The lowest BCUT2D eigenvalue weighted by molar-refractivity contribution is -0.136. The minimum atomic E-state index is -0.644. The second kappa shape index (κ2) is 4.09. The van der Waals surface area contributed by atoms with Crippen LogP contribution in [0.2, 0.25) is 0 Å². The first-order valence-corrected chi connectivity index (χ1v) is 5.23. The minimum Gasteiger partial charge on any atom is -0.353 e. The molecule has 0 spiro atoms. The molecule has 1 aliphatic carbocycles. The van der Waals surface area contributed by atoms with Crippen LogP contribution >= 0.6 is 0 Å². The van der Waals surface area contributed by atoms with E-state index < -0.39 is 6.04 Å². The molecule has 2 aliphatic rings. The Hall–Kier alpha value is -1.63. The van der Waals surface area contributed by atoms with Crippen LogP contribution < -0.4 is 16.6 Å². The van der Waals surface area contributed by atoms with E-state index in [0.717, 1.165) is 17.7 Å². The van der Waals surface area contributed by atoms with Gasteiger partial charge in [-0.1, -0.05) is 0 Å². The van der Waals surface area contributed by atoms with Gasteiger partial charge < -0.3 is 5.32 Å². The number of carbonyl (C=O) groups excluding carboxylic acids is 2. The predicted octanol–water partition coefficient (Wildman–Crippen LogP) is -1.68. The van der Waals surface area contributed by atoms with Gasteiger partial charge in [0.05, 0.1) is 6.42 Å². The van der Waals surface area contributed by atoms with Crippen molar-refractivity contribution < 1.29 is 9.59 Å². The van der Waals surface area contributed by atoms with Gasteiger partial charge in [0, 0.05) is 13.1 Å². The van der Waals surface area contributed by atoms with E-state index in [0.29, 0.717) is 12.0 Å². The minimum absolute atomic E-state index is 0.118. The van der Waals surface area contributed by atoms with Crippen molar-refractivity contribution >= 4 is 17.8 Å². The van der Waals surface area contributed by atoms with Gasteiger partial charge in [-0.25, -0.2) is 10.8 Å². The standard InChI is InChI=1S/C9H15N5O2/c1-14-7(15)4-6(8(14)16)12-9(13-10)11-5-2-3-5/h5-6H,2-4,10H2,1H3,(H2,11,12,13). The average Bonchev–Trinajstić information content (AvgIpc) is 3.04. The number of nitrogens with one attached hydrogen (secondary N) is 2. The zero-order valence-electron chi connectivity index (χ0n) is 9.06. The Balaban J connectivity index is 2.03. The maximum Gasteiger partial charge on any atom is 0.254 e. The highest BCUT2D eigenvalue weighted by Gasteiger charge is 2.36. The summed E-state index contributed by atoms with van der Waals surface area (Å²) in [5.41, 5.74) is 2.41. The Morgan fingerprint density at radius 2 is 2.19 bits per heavy atom. The van der Waals surface area contributed by atoms with Gasteiger partial charge in [-0.15, -0.1) is 0 Å². The van der Waals surface area contributed by atoms with E-state index in [2.05, 4.69) is 15.7 Å². The highest BCUT2D eigenvalue weighted by molar-refractivity contribution is 6.06. The van der Waals surface area contributed by atoms with Crippen molar-refractivity contribution in [1.82, 2.24) is 15.6 Å². The molecule has 0 aromatic rings. The number of aliphatic imine (C=N–C) groups is 1.